The standard InChI is InChI=1S/C33H21N/c1-3-9-23-20(8-1)16-27-26(23)17-22-18-28-30(34-29-12-6-5-11-25(29)32(27)33(22)34)14-13-21-15-19-7-2-4-10-24(19)31(21)28/h1-14,17H,15-16,18H2. The lowest BCUT2D eigenvalue weighted by atomic mass is 9.88. The first-order valence-electron chi connectivity index (χ1n) is 12.3. The monoisotopic (exact) mass is 431 g/mol. The lowest BCUT2D eigenvalue weighted by molar-refractivity contribution is 1.04. The predicted molar refractivity (Wildman–Crippen MR) is 140 cm³/mol. The normalized spacial score (nSPS) is 14.1. The molecule has 0 saturated heterocycles. The summed E-state index contributed by atoms with van der Waals surface area (Å²) >= 11 is 0. The van der Waals surface area contributed by atoms with Gasteiger partial charge in [0.2, 0.25) is 0 Å². The molecule has 2 heterocycles. The molecule has 0 amide bonds. The summed E-state index contributed by atoms with van der Waals surface area (Å²) in [5.74, 6) is 0. The molecule has 0 unspecified atom stereocenters. The molecule has 9 rings (SSSR count). The van der Waals surface area contributed by atoms with Gasteiger partial charge in [-0.25, -0.2) is 0 Å². The zero-order valence-corrected chi connectivity index (χ0v) is 18.7. The minimum Gasteiger partial charge on any atom is -0.309 e. The summed E-state index contributed by atoms with van der Waals surface area (Å²) in [7, 11) is 0. The third-order valence-corrected chi connectivity index (χ3v) is 8.45. The zero-order chi connectivity index (χ0) is 22.0. The van der Waals surface area contributed by atoms with Crippen molar-refractivity contribution in [2.45, 2.75) is 19.3 Å². The molecule has 1 aromatic heterocycles. The Balaban J connectivity index is 1.45. The third kappa shape index (κ3) is 1.94. The topological polar surface area (TPSA) is 4.93 Å². The molecule has 34 heavy (non-hydrogen) atoms. The minimum atomic E-state index is 0.995. The van der Waals surface area contributed by atoms with Crippen molar-refractivity contribution in [2.75, 3.05) is 0 Å². The van der Waals surface area contributed by atoms with E-state index in [2.05, 4.69) is 95.6 Å². The highest BCUT2D eigenvalue weighted by Gasteiger charge is 2.32. The second-order valence-corrected chi connectivity index (χ2v) is 10.1. The molecule has 3 aliphatic rings. The largest absolute Gasteiger partial charge is 0.309 e. The summed E-state index contributed by atoms with van der Waals surface area (Å²) < 4.78 is 2.57. The van der Waals surface area contributed by atoms with E-state index in [9.17, 15) is 0 Å². The van der Waals surface area contributed by atoms with E-state index in [1.807, 2.05) is 0 Å². The summed E-state index contributed by atoms with van der Waals surface area (Å²) in [6.07, 6.45) is 3.07. The number of para-hydroxylation sites is 1. The maximum absolute atomic E-state index is 2.57. The number of nitrogens with zero attached hydrogens (tertiary/aromatic N) is 1. The lowest BCUT2D eigenvalue weighted by Gasteiger charge is -2.24. The molecule has 0 atom stereocenters. The number of fused-ring (bicyclic) bond motifs is 13. The van der Waals surface area contributed by atoms with Gasteiger partial charge < -0.3 is 4.57 Å². The smallest absolute Gasteiger partial charge is 0.0579 e. The second-order valence-electron chi connectivity index (χ2n) is 10.1. The van der Waals surface area contributed by atoms with Crippen molar-refractivity contribution in [1.29, 1.82) is 0 Å². The van der Waals surface area contributed by atoms with E-state index < -0.39 is 0 Å². The van der Waals surface area contributed by atoms with Crippen LogP contribution in [0.3, 0.4) is 0 Å². The van der Waals surface area contributed by atoms with Crippen LogP contribution in [-0.4, -0.2) is 4.57 Å². The highest BCUT2D eigenvalue weighted by molar-refractivity contribution is 6.15. The summed E-state index contributed by atoms with van der Waals surface area (Å²) in [4.78, 5) is 0. The van der Waals surface area contributed by atoms with Crippen molar-refractivity contribution in [3.05, 3.63) is 124 Å². The summed E-state index contributed by atoms with van der Waals surface area (Å²) in [6.45, 7) is 0. The van der Waals surface area contributed by atoms with E-state index in [4.69, 9.17) is 0 Å². The first kappa shape index (κ1) is 17.4. The maximum Gasteiger partial charge on any atom is 0.0579 e. The fraction of sp³-hybridized carbons (Fsp3) is 0.0909. The summed E-state index contributed by atoms with van der Waals surface area (Å²) in [5.41, 5.74) is 18.7. The Kier molecular flexibility index (Phi) is 3.00. The van der Waals surface area contributed by atoms with E-state index in [1.54, 1.807) is 0 Å². The molecule has 0 spiro atoms. The van der Waals surface area contributed by atoms with Gasteiger partial charge in [-0.15, -0.1) is 0 Å². The van der Waals surface area contributed by atoms with Crippen molar-refractivity contribution in [3.8, 4) is 27.9 Å². The molecule has 5 aromatic carbocycles. The molecule has 0 saturated carbocycles. The van der Waals surface area contributed by atoms with Gasteiger partial charge in [-0.3, -0.25) is 0 Å². The van der Waals surface area contributed by atoms with E-state index in [-0.39, 0.29) is 0 Å². The Hall–Kier alpha value is -4.10. The molecule has 0 N–H and O–H groups in total. The van der Waals surface area contributed by atoms with Crippen LogP contribution >= 0.6 is 0 Å². The molecular weight excluding hydrogens is 410 g/mol. The number of benzene rings is 5. The maximum atomic E-state index is 2.57. The number of hydrogen-bond donors (Lipinski definition) is 0. The molecule has 0 radical (unpaired) electrons. The first-order chi connectivity index (χ1) is 16.9. The molecule has 6 aromatic rings. The fourth-order valence-electron chi connectivity index (χ4n) is 7.12. The van der Waals surface area contributed by atoms with Crippen LogP contribution in [-0.2, 0) is 19.3 Å². The molecular formula is C33H21N. The van der Waals surface area contributed by atoms with Crippen LogP contribution in [0.25, 0.3) is 49.7 Å². The molecule has 0 fully saturated rings. The fourth-order valence-corrected chi connectivity index (χ4v) is 7.12. The van der Waals surface area contributed by atoms with Crippen LogP contribution in [0.5, 0.6) is 0 Å². The molecule has 1 heteroatoms. The van der Waals surface area contributed by atoms with Gasteiger partial charge in [0.1, 0.15) is 0 Å². The summed E-state index contributed by atoms with van der Waals surface area (Å²) in [6, 6.07) is 34.3. The van der Waals surface area contributed by atoms with Crippen molar-refractivity contribution in [1.82, 2.24) is 4.57 Å². The third-order valence-electron chi connectivity index (χ3n) is 8.45. The molecule has 0 bridgehead atoms. The van der Waals surface area contributed by atoms with Crippen molar-refractivity contribution in [2.24, 2.45) is 0 Å². The van der Waals surface area contributed by atoms with E-state index in [1.165, 1.54) is 83.1 Å². The first-order valence-corrected chi connectivity index (χ1v) is 12.3. The highest BCUT2D eigenvalue weighted by atomic mass is 15.0. The average molecular weight is 432 g/mol. The van der Waals surface area contributed by atoms with Crippen LogP contribution in [0.15, 0.2) is 91.0 Å². The highest BCUT2D eigenvalue weighted by Crippen LogP contribution is 2.50. The number of hydrogen-bond acceptors (Lipinski definition) is 0. The van der Waals surface area contributed by atoms with Crippen molar-refractivity contribution in [3.63, 3.8) is 0 Å². The Morgan fingerprint density at radius 1 is 0.529 bits per heavy atom. The van der Waals surface area contributed by atoms with Crippen LogP contribution < -0.4 is 0 Å². The van der Waals surface area contributed by atoms with E-state index in [0.29, 0.717) is 0 Å². The Bertz CT molecular complexity index is 1880. The quantitative estimate of drug-likeness (QED) is 0.231. The Morgan fingerprint density at radius 3 is 2.18 bits per heavy atom. The summed E-state index contributed by atoms with van der Waals surface area (Å²) in [5, 5.41) is 2.85. The van der Waals surface area contributed by atoms with Gasteiger partial charge in [0, 0.05) is 17.2 Å². The number of rotatable bonds is 0. The van der Waals surface area contributed by atoms with Crippen LogP contribution in [0.1, 0.15) is 33.4 Å². The van der Waals surface area contributed by atoms with Gasteiger partial charge in [0.05, 0.1) is 16.7 Å². The van der Waals surface area contributed by atoms with Crippen LogP contribution in [0.4, 0.5) is 0 Å². The van der Waals surface area contributed by atoms with Crippen molar-refractivity contribution < 1.29 is 0 Å². The predicted octanol–water partition coefficient (Wildman–Crippen LogP) is 7.83. The zero-order valence-electron chi connectivity index (χ0n) is 18.7. The minimum absolute atomic E-state index is 0.995. The van der Waals surface area contributed by atoms with Crippen LogP contribution in [0, 0.1) is 0 Å². The van der Waals surface area contributed by atoms with E-state index in [0.717, 1.165) is 19.3 Å². The Morgan fingerprint density at radius 2 is 1.26 bits per heavy atom. The average Bonchev–Trinajstić information content (AvgIpc) is 3.55. The SMILES string of the molecule is c1ccc2c(c1)Cc1c-2cc2c3c1c1ccccc1n3-c1ccc3c(c1C2)-c1ccccc1C3. The van der Waals surface area contributed by atoms with Gasteiger partial charge in [-0.1, -0.05) is 72.8 Å². The number of aromatic nitrogens is 1. The van der Waals surface area contributed by atoms with Gasteiger partial charge >= 0.3 is 0 Å². The second kappa shape index (κ2) is 5.87. The van der Waals surface area contributed by atoms with Gasteiger partial charge in [0.15, 0.2) is 0 Å². The Labute approximate surface area is 197 Å². The van der Waals surface area contributed by atoms with Gasteiger partial charge in [-0.05, 0) is 86.7 Å². The van der Waals surface area contributed by atoms with E-state index >= 15 is 0 Å². The molecule has 2 aliphatic carbocycles. The molecule has 158 valence electrons. The lowest BCUT2D eigenvalue weighted by Crippen LogP contribution is -2.10. The van der Waals surface area contributed by atoms with Gasteiger partial charge in [0.25, 0.3) is 0 Å². The van der Waals surface area contributed by atoms with Crippen molar-refractivity contribution >= 4 is 21.8 Å². The van der Waals surface area contributed by atoms with Gasteiger partial charge in [-0.2, -0.15) is 0 Å². The van der Waals surface area contributed by atoms with Crippen LogP contribution in [0.2, 0.25) is 0 Å². The molecule has 1 nitrogen and oxygen atoms in total. The molecule has 1 aliphatic heterocycles.